The van der Waals surface area contributed by atoms with E-state index in [1.165, 1.54) is 0 Å². The molecule has 3 rings (SSSR count). The first-order valence-corrected chi connectivity index (χ1v) is 6.26. The Labute approximate surface area is 109 Å². The van der Waals surface area contributed by atoms with Gasteiger partial charge in [0.25, 0.3) is 0 Å². The lowest BCUT2D eigenvalue weighted by Gasteiger charge is -2.25. The van der Waals surface area contributed by atoms with E-state index >= 15 is 0 Å². The third kappa shape index (κ3) is 1.86. The van der Waals surface area contributed by atoms with E-state index in [-0.39, 0.29) is 30.4 Å². The molecule has 18 heavy (non-hydrogen) atoms. The summed E-state index contributed by atoms with van der Waals surface area (Å²) in [6, 6.07) is 6.87. The van der Waals surface area contributed by atoms with Gasteiger partial charge in [-0.1, -0.05) is 29.8 Å². The van der Waals surface area contributed by atoms with Crippen molar-refractivity contribution >= 4 is 23.5 Å². The average molecular weight is 266 g/mol. The molecule has 0 aromatic heterocycles. The van der Waals surface area contributed by atoms with Gasteiger partial charge in [0, 0.05) is 11.4 Å². The van der Waals surface area contributed by atoms with E-state index in [0.29, 0.717) is 18.0 Å². The number of halogens is 1. The van der Waals surface area contributed by atoms with E-state index in [9.17, 15) is 9.59 Å². The molecule has 2 bridgehead atoms. The minimum atomic E-state index is -0.384. The summed E-state index contributed by atoms with van der Waals surface area (Å²) in [7, 11) is 0. The summed E-state index contributed by atoms with van der Waals surface area (Å²) in [5, 5.41) is 0.581. The third-order valence-electron chi connectivity index (χ3n) is 3.44. The number of carbonyl (C=O) groups is 2. The molecular weight excluding hydrogens is 254 g/mol. The molecule has 0 aliphatic carbocycles. The van der Waals surface area contributed by atoms with Gasteiger partial charge in [0.05, 0.1) is 13.0 Å². The maximum atomic E-state index is 12.2. The van der Waals surface area contributed by atoms with E-state index in [0.717, 1.165) is 5.56 Å². The Morgan fingerprint density at radius 1 is 1.44 bits per heavy atom. The molecule has 2 heterocycles. The van der Waals surface area contributed by atoms with Gasteiger partial charge in [0.1, 0.15) is 12.1 Å². The van der Waals surface area contributed by atoms with Crippen LogP contribution < -0.4 is 0 Å². The monoisotopic (exact) mass is 265 g/mol. The molecule has 2 atom stereocenters. The number of fused-ring (bicyclic) bond motifs is 2. The zero-order valence-corrected chi connectivity index (χ0v) is 10.4. The lowest BCUT2D eigenvalue weighted by Crippen LogP contribution is -2.44. The average Bonchev–Trinajstić information content (AvgIpc) is 2.90. The van der Waals surface area contributed by atoms with Gasteiger partial charge in [0.2, 0.25) is 5.91 Å². The van der Waals surface area contributed by atoms with Gasteiger partial charge in [-0.15, -0.1) is 0 Å². The second-order valence-electron chi connectivity index (χ2n) is 4.62. The number of carbonyl (C=O) groups excluding carboxylic acids is 2. The third-order valence-corrected chi connectivity index (χ3v) is 3.81. The molecule has 2 aliphatic rings. The quantitative estimate of drug-likeness (QED) is 0.760. The number of ether oxygens (including phenoxy) is 1. The smallest absolute Gasteiger partial charge is 0.329 e. The lowest BCUT2D eigenvalue weighted by molar-refractivity contribution is -0.156. The highest BCUT2D eigenvalue weighted by molar-refractivity contribution is 6.31. The number of rotatable bonds is 2. The lowest BCUT2D eigenvalue weighted by atomic mass is 10.1. The van der Waals surface area contributed by atoms with Crippen LogP contribution in [0.25, 0.3) is 0 Å². The first-order chi connectivity index (χ1) is 8.65. The predicted octanol–water partition coefficient (Wildman–Crippen LogP) is 1.41. The Hall–Kier alpha value is -1.55. The molecule has 1 aromatic carbocycles. The van der Waals surface area contributed by atoms with Crippen molar-refractivity contribution in [3.63, 3.8) is 0 Å². The van der Waals surface area contributed by atoms with Gasteiger partial charge in [-0.05, 0) is 11.6 Å². The van der Waals surface area contributed by atoms with Gasteiger partial charge in [-0.25, -0.2) is 4.79 Å². The molecular formula is C13H12ClNO3. The molecule has 0 spiro atoms. The van der Waals surface area contributed by atoms with Gasteiger partial charge in [0.15, 0.2) is 0 Å². The van der Waals surface area contributed by atoms with Crippen molar-refractivity contribution in [3.05, 3.63) is 34.9 Å². The highest BCUT2D eigenvalue weighted by atomic mass is 35.5. The molecule has 0 unspecified atom stereocenters. The molecule has 2 fully saturated rings. The standard InChI is InChI=1S/C13H12ClNO3/c14-10-4-2-1-3-8(10)5-12(16)15-7-9-6-11(15)13(17)18-9/h1-4,9,11H,5-7H2/t9-,11+/m1/s1. The second-order valence-corrected chi connectivity index (χ2v) is 5.03. The number of morpholine rings is 1. The minimum absolute atomic E-state index is 0.0627. The number of likely N-dealkylation sites (tertiary alicyclic amines) is 1. The molecule has 1 aromatic rings. The number of hydrogen-bond acceptors (Lipinski definition) is 3. The summed E-state index contributed by atoms with van der Waals surface area (Å²) in [5.41, 5.74) is 0.792. The van der Waals surface area contributed by atoms with Crippen molar-refractivity contribution < 1.29 is 14.3 Å². The predicted molar refractivity (Wildman–Crippen MR) is 65.2 cm³/mol. The van der Waals surface area contributed by atoms with Crippen LogP contribution in [0, 0.1) is 0 Å². The fourth-order valence-electron chi connectivity index (χ4n) is 2.53. The number of benzene rings is 1. The zero-order valence-electron chi connectivity index (χ0n) is 9.64. The molecule has 5 heteroatoms. The van der Waals surface area contributed by atoms with Crippen molar-refractivity contribution in [1.29, 1.82) is 0 Å². The fourth-order valence-corrected chi connectivity index (χ4v) is 2.73. The number of esters is 1. The van der Waals surface area contributed by atoms with Crippen LogP contribution in [0.4, 0.5) is 0 Å². The minimum Gasteiger partial charge on any atom is -0.459 e. The largest absolute Gasteiger partial charge is 0.459 e. The Bertz CT molecular complexity index is 517. The van der Waals surface area contributed by atoms with Crippen molar-refractivity contribution in [3.8, 4) is 0 Å². The van der Waals surface area contributed by atoms with Crippen LogP contribution in [0.15, 0.2) is 24.3 Å². The van der Waals surface area contributed by atoms with Gasteiger partial charge >= 0.3 is 5.97 Å². The molecule has 1 amide bonds. The maximum absolute atomic E-state index is 12.2. The van der Waals surface area contributed by atoms with E-state index in [4.69, 9.17) is 16.3 Å². The Kier molecular flexibility index (Phi) is 2.74. The summed E-state index contributed by atoms with van der Waals surface area (Å²) < 4.78 is 5.06. The zero-order chi connectivity index (χ0) is 12.7. The van der Waals surface area contributed by atoms with Crippen LogP contribution in [-0.2, 0) is 20.7 Å². The molecule has 0 saturated carbocycles. The molecule has 4 nitrogen and oxygen atoms in total. The van der Waals surface area contributed by atoms with Gasteiger partial charge in [-0.2, -0.15) is 0 Å². The second kappa shape index (κ2) is 4.28. The normalized spacial score (nSPS) is 25.4. The molecule has 2 saturated heterocycles. The number of nitrogens with zero attached hydrogens (tertiary/aromatic N) is 1. The van der Waals surface area contributed by atoms with E-state index < -0.39 is 0 Å². The Balaban J connectivity index is 1.73. The molecule has 0 radical (unpaired) electrons. The summed E-state index contributed by atoms with van der Waals surface area (Å²) in [6.45, 7) is 0.514. The van der Waals surface area contributed by atoms with E-state index in [1.54, 1.807) is 11.0 Å². The van der Waals surface area contributed by atoms with E-state index in [1.807, 2.05) is 18.2 Å². The van der Waals surface area contributed by atoms with E-state index in [2.05, 4.69) is 0 Å². The highest BCUT2D eigenvalue weighted by Crippen LogP contribution is 2.29. The number of amides is 1. The summed E-state index contributed by atoms with van der Waals surface area (Å²) in [6.07, 6.45) is 0.751. The van der Waals surface area contributed by atoms with Gasteiger partial charge in [-0.3, -0.25) is 4.79 Å². The Morgan fingerprint density at radius 2 is 2.22 bits per heavy atom. The topological polar surface area (TPSA) is 46.6 Å². The van der Waals surface area contributed by atoms with Crippen molar-refractivity contribution in [1.82, 2.24) is 4.90 Å². The van der Waals surface area contributed by atoms with Crippen LogP contribution in [0.5, 0.6) is 0 Å². The first-order valence-electron chi connectivity index (χ1n) is 5.88. The fraction of sp³-hybridized carbons (Fsp3) is 0.385. The Morgan fingerprint density at radius 3 is 2.89 bits per heavy atom. The van der Waals surface area contributed by atoms with Crippen LogP contribution in [-0.4, -0.2) is 35.5 Å². The molecule has 0 N–H and O–H groups in total. The van der Waals surface area contributed by atoms with Crippen LogP contribution in [0.2, 0.25) is 5.02 Å². The highest BCUT2D eigenvalue weighted by Gasteiger charge is 2.48. The first kappa shape index (κ1) is 11.5. The molecule has 2 aliphatic heterocycles. The van der Waals surface area contributed by atoms with Crippen molar-refractivity contribution in [2.24, 2.45) is 0 Å². The van der Waals surface area contributed by atoms with Crippen LogP contribution >= 0.6 is 11.6 Å². The van der Waals surface area contributed by atoms with Gasteiger partial charge < -0.3 is 9.64 Å². The number of hydrogen-bond donors (Lipinski definition) is 0. The van der Waals surface area contributed by atoms with Crippen LogP contribution in [0.3, 0.4) is 0 Å². The summed E-state index contributed by atoms with van der Waals surface area (Å²) in [5.74, 6) is -0.342. The summed E-state index contributed by atoms with van der Waals surface area (Å²) >= 11 is 6.02. The molecule has 94 valence electrons. The van der Waals surface area contributed by atoms with Crippen molar-refractivity contribution in [2.45, 2.75) is 25.0 Å². The van der Waals surface area contributed by atoms with Crippen LogP contribution in [0.1, 0.15) is 12.0 Å². The maximum Gasteiger partial charge on any atom is 0.329 e. The SMILES string of the molecule is O=C1O[C@@H]2C[C@@H]1N(C(=O)Cc1ccccc1Cl)C2. The summed E-state index contributed by atoms with van der Waals surface area (Å²) in [4.78, 5) is 25.2. The van der Waals surface area contributed by atoms with Crippen molar-refractivity contribution in [2.75, 3.05) is 6.54 Å².